The van der Waals surface area contributed by atoms with Crippen LogP contribution in [0.25, 0.3) is 16.9 Å². The maximum absolute atomic E-state index is 12.2. The summed E-state index contributed by atoms with van der Waals surface area (Å²) in [5.74, 6) is 1.11. The lowest BCUT2D eigenvalue weighted by Gasteiger charge is -2.33. The number of aromatic nitrogens is 4. The summed E-state index contributed by atoms with van der Waals surface area (Å²) in [4.78, 5) is 27.3. The second-order valence-corrected chi connectivity index (χ2v) is 8.75. The Labute approximate surface area is 180 Å². The van der Waals surface area contributed by atoms with E-state index in [9.17, 15) is 4.79 Å². The lowest BCUT2D eigenvalue weighted by atomic mass is 10.1. The largest absolute Gasteiger partial charge is 0.444 e. The molecule has 0 radical (unpaired) electrons. The molecule has 0 bridgehead atoms. The number of ether oxygens (including phenoxy) is 1. The fourth-order valence-electron chi connectivity index (χ4n) is 3.46. The van der Waals surface area contributed by atoms with Gasteiger partial charge in [-0.2, -0.15) is 4.98 Å². The first-order valence-corrected chi connectivity index (χ1v) is 10.4. The molecule has 158 valence electrons. The van der Waals surface area contributed by atoms with Gasteiger partial charge in [0.05, 0.1) is 17.2 Å². The van der Waals surface area contributed by atoms with Crippen molar-refractivity contribution < 1.29 is 9.53 Å². The van der Waals surface area contributed by atoms with Gasteiger partial charge in [0.2, 0.25) is 5.95 Å². The number of carbonyl (C=O) groups excluding carboxylic acids is 1. The van der Waals surface area contributed by atoms with Crippen LogP contribution in [0.15, 0.2) is 36.8 Å². The Morgan fingerprint density at radius 2 is 2.00 bits per heavy atom. The summed E-state index contributed by atoms with van der Waals surface area (Å²) < 4.78 is 7.36. The summed E-state index contributed by atoms with van der Waals surface area (Å²) >= 11 is 6.39. The zero-order valence-corrected chi connectivity index (χ0v) is 18.1. The van der Waals surface area contributed by atoms with Crippen molar-refractivity contribution in [2.45, 2.75) is 45.3 Å². The SMILES string of the molecule is CC(C)(C)OC(=O)N1CCC(Nc2ncc(Cl)c(-n3ccc4ncccc43)n2)CC1. The number of piperidine rings is 1. The Kier molecular flexibility index (Phi) is 5.51. The number of amides is 1. The van der Waals surface area contributed by atoms with Crippen molar-refractivity contribution in [2.24, 2.45) is 0 Å². The molecule has 0 aliphatic carbocycles. The second kappa shape index (κ2) is 8.10. The number of hydrogen-bond acceptors (Lipinski definition) is 6. The van der Waals surface area contributed by atoms with Crippen LogP contribution in [0.1, 0.15) is 33.6 Å². The smallest absolute Gasteiger partial charge is 0.410 e. The van der Waals surface area contributed by atoms with Crippen LogP contribution >= 0.6 is 11.6 Å². The van der Waals surface area contributed by atoms with E-state index >= 15 is 0 Å². The predicted octanol–water partition coefficient (Wildman–Crippen LogP) is 4.28. The number of halogens is 1. The van der Waals surface area contributed by atoms with Crippen molar-refractivity contribution in [3.63, 3.8) is 0 Å². The summed E-state index contributed by atoms with van der Waals surface area (Å²) in [6.07, 6.45) is 6.57. The molecule has 4 rings (SSSR count). The number of hydrogen-bond donors (Lipinski definition) is 1. The van der Waals surface area contributed by atoms with Crippen LogP contribution in [0, 0.1) is 0 Å². The van der Waals surface area contributed by atoms with Gasteiger partial charge in [0.1, 0.15) is 10.6 Å². The lowest BCUT2D eigenvalue weighted by Crippen LogP contribution is -2.44. The monoisotopic (exact) mass is 428 g/mol. The van der Waals surface area contributed by atoms with Gasteiger partial charge in [0, 0.05) is 31.5 Å². The Hall–Kier alpha value is -2.87. The van der Waals surface area contributed by atoms with E-state index in [1.807, 2.05) is 49.7 Å². The summed E-state index contributed by atoms with van der Waals surface area (Å²) in [5.41, 5.74) is 1.31. The van der Waals surface area contributed by atoms with Crippen molar-refractivity contribution in [2.75, 3.05) is 18.4 Å². The van der Waals surface area contributed by atoms with E-state index in [4.69, 9.17) is 16.3 Å². The first kappa shape index (κ1) is 20.4. The van der Waals surface area contributed by atoms with Gasteiger partial charge in [0.15, 0.2) is 5.82 Å². The molecule has 1 aliphatic rings. The van der Waals surface area contributed by atoms with E-state index in [0.29, 0.717) is 29.9 Å². The highest BCUT2D eigenvalue weighted by Crippen LogP contribution is 2.25. The number of likely N-dealkylation sites (tertiary alicyclic amines) is 1. The Morgan fingerprint density at radius 1 is 1.23 bits per heavy atom. The third kappa shape index (κ3) is 4.48. The zero-order valence-electron chi connectivity index (χ0n) is 17.3. The van der Waals surface area contributed by atoms with Gasteiger partial charge in [-0.1, -0.05) is 11.6 Å². The molecule has 4 heterocycles. The first-order valence-electron chi connectivity index (χ1n) is 9.99. The minimum absolute atomic E-state index is 0.167. The van der Waals surface area contributed by atoms with Crippen LogP contribution < -0.4 is 5.32 Å². The third-order valence-corrected chi connectivity index (χ3v) is 5.16. The van der Waals surface area contributed by atoms with Crippen molar-refractivity contribution >= 4 is 34.7 Å². The van der Waals surface area contributed by atoms with Crippen LogP contribution in [-0.4, -0.2) is 55.2 Å². The average molecular weight is 429 g/mol. The van der Waals surface area contributed by atoms with Gasteiger partial charge in [-0.3, -0.25) is 9.55 Å². The second-order valence-electron chi connectivity index (χ2n) is 8.34. The number of pyridine rings is 1. The Bertz CT molecular complexity index is 1050. The van der Waals surface area contributed by atoms with E-state index in [2.05, 4.69) is 20.3 Å². The quantitative estimate of drug-likeness (QED) is 0.670. The summed E-state index contributed by atoms with van der Waals surface area (Å²) in [5, 5.41) is 3.84. The molecule has 1 amide bonds. The van der Waals surface area contributed by atoms with E-state index in [-0.39, 0.29) is 12.1 Å². The van der Waals surface area contributed by atoms with E-state index in [1.54, 1.807) is 17.3 Å². The number of rotatable bonds is 3. The highest BCUT2D eigenvalue weighted by atomic mass is 35.5. The average Bonchev–Trinajstić information content (AvgIpc) is 3.13. The number of nitrogens with one attached hydrogen (secondary N) is 1. The fraction of sp³-hybridized carbons (Fsp3) is 0.429. The molecule has 0 unspecified atom stereocenters. The van der Waals surface area contributed by atoms with Gasteiger partial charge < -0.3 is 15.0 Å². The summed E-state index contributed by atoms with van der Waals surface area (Å²) in [6.45, 7) is 6.87. The molecule has 1 N–H and O–H groups in total. The van der Waals surface area contributed by atoms with Crippen molar-refractivity contribution in [1.82, 2.24) is 24.4 Å². The maximum atomic E-state index is 12.2. The van der Waals surface area contributed by atoms with E-state index in [0.717, 1.165) is 23.9 Å². The minimum Gasteiger partial charge on any atom is -0.444 e. The van der Waals surface area contributed by atoms with Crippen molar-refractivity contribution in [1.29, 1.82) is 0 Å². The summed E-state index contributed by atoms with van der Waals surface area (Å²) in [6, 6.07) is 5.94. The molecule has 0 spiro atoms. The van der Waals surface area contributed by atoms with E-state index < -0.39 is 5.60 Å². The van der Waals surface area contributed by atoms with Gasteiger partial charge in [0.25, 0.3) is 0 Å². The summed E-state index contributed by atoms with van der Waals surface area (Å²) in [7, 11) is 0. The molecule has 30 heavy (non-hydrogen) atoms. The van der Waals surface area contributed by atoms with Gasteiger partial charge >= 0.3 is 6.09 Å². The van der Waals surface area contributed by atoms with Crippen molar-refractivity contribution in [3.05, 3.63) is 41.8 Å². The molecule has 0 atom stereocenters. The lowest BCUT2D eigenvalue weighted by molar-refractivity contribution is 0.0210. The van der Waals surface area contributed by atoms with Gasteiger partial charge in [-0.05, 0) is 51.8 Å². The van der Waals surface area contributed by atoms with Crippen LogP contribution in [0.2, 0.25) is 5.02 Å². The number of nitrogens with zero attached hydrogens (tertiary/aromatic N) is 5. The Balaban J connectivity index is 1.44. The molecule has 3 aromatic heterocycles. The van der Waals surface area contributed by atoms with Gasteiger partial charge in [-0.15, -0.1) is 0 Å². The number of carbonyl (C=O) groups is 1. The minimum atomic E-state index is -0.488. The fourth-order valence-corrected chi connectivity index (χ4v) is 3.65. The van der Waals surface area contributed by atoms with Crippen molar-refractivity contribution in [3.8, 4) is 5.82 Å². The predicted molar refractivity (Wildman–Crippen MR) is 116 cm³/mol. The third-order valence-electron chi connectivity index (χ3n) is 4.89. The molecule has 1 fully saturated rings. The maximum Gasteiger partial charge on any atom is 0.410 e. The van der Waals surface area contributed by atoms with Crippen LogP contribution in [-0.2, 0) is 4.74 Å². The first-order chi connectivity index (χ1) is 14.3. The molecule has 1 saturated heterocycles. The molecule has 0 saturated carbocycles. The normalized spacial score (nSPS) is 15.4. The molecular weight excluding hydrogens is 404 g/mol. The Morgan fingerprint density at radius 3 is 2.73 bits per heavy atom. The molecular formula is C21H25ClN6O2. The molecule has 8 nitrogen and oxygen atoms in total. The molecule has 0 aromatic carbocycles. The number of anilines is 1. The molecule has 3 aromatic rings. The van der Waals surface area contributed by atoms with Gasteiger partial charge in [-0.25, -0.2) is 9.78 Å². The van der Waals surface area contributed by atoms with Crippen LogP contribution in [0.3, 0.4) is 0 Å². The highest BCUT2D eigenvalue weighted by Gasteiger charge is 2.27. The highest BCUT2D eigenvalue weighted by molar-refractivity contribution is 6.32. The van der Waals surface area contributed by atoms with Crippen LogP contribution in [0.5, 0.6) is 0 Å². The number of fused-ring (bicyclic) bond motifs is 1. The van der Waals surface area contributed by atoms with E-state index in [1.165, 1.54) is 0 Å². The molecule has 9 heteroatoms. The molecule has 1 aliphatic heterocycles. The zero-order chi connectivity index (χ0) is 21.3. The van der Waals surface area contributed by atoms with Crippen LogP contribution in [0.4, 0.5) is 10.7 Å². The standard InChI is InChI=1S/C21H25ClN6O2/c1-21(2,3)30-20(29)27-10-6-14(7-11-27)25-19-24-13-15(22)18(26-19)28-12-8-16-17(28)5-4-9-23-16/h4-5,8-9,12-14H,6-7,10-11H2,1-3H3,(H,24,25,26). The topological polar surface area (TPSA) is 85.2 Å².